The van der Waals surface area contributed by atoms with Gasteiger partial charge in [0.25, 0.3) is 0 Å². The third kappa shape index (κ3) is 2.09. The van der Waals surface area contributed by atoms with Gasteiger partial charge in [0.15, 0.2) is 0 Å². The van der Waals surface area contributed by atoms with Gasteiger partial charge in [0.2, 0.25) is 0 Å². The Hall–Kier alpha value is -1.18. The Morgan fingerprint density at radius 3 is 2.72 bits per heavy atom. The Morgan fingerprint density at radius 1 is 1.17 bits per heavy atom. The predicted octanol–water partition coefficient (Wildman–Crippen LogP) is 3.45. The van der Waals surface area contributed by atoms with E-state index in [1.807, 2.05) is 0 Å². The molecule has 2 aliphatic rings. The fraction of sp³-hybridized carbons (Fsp3) is 0.625. The normalized spacial score (nSPS) is 20.0. The highest BCUT2D eigenvalue weighted by Gasteiger charge is 2.21. The third-order valence-electron chi connectivity index (χ3n) is 4.72. The first-order valence-corrected chi connectivity index (χ1v) is 7.32. The van der Waals surface area contributed by atoms with E-state index in [4.69, 9.17) is 0 Å². The van der Waals surface area contributed by atoms with E-state index in [1.54, 1.807) is 0 Å². The maximum atomic E-state index is 2.51. The van der Waals surface area contributed by atoms with E-state index >= 15 is 0 Å². The lowest BCUT2D eigenvalue weighted by atomic mass is 9.94. The van der Waals surface area contributed by atoms with E-state index in [0.29, 0.717) is 0 Å². The summed E-state index contributed by atoms with van der Waals surface area (Å²) in [5.74, 6) is 0. The fourth-order valence-electron chi connectivity index (χ4n) is 3.45. The molecule has 0 spiro atoms. The number of rotatable bonds is 2. The van der Waals surface area contributed by atoms with Crippen molar-refractivity contribution in [3.63, 3.8) is 0 Å². The quantitative estimate of drug-likeness (QED) is 0.786. The molecule has 0 unspecified atom stereocenters. The Morgan fingerprint density at radius 2 is 1.94 bits per heavy atom. The molecule has 2 heteroatoms. The van der Waals surface area contributed by atoms with E-state index < -0.39 is 0 Å². The van der Waals surface area contributed by atoms with Gasteiger partial charge in [0.1, 0.15) is 0 Å². The molecule has 0 radical (unpaired) electrons. The molecule has 0 N–H and O–H groups in total. The van der Waals surface area contributed by atoms with E-state index in [2.05, 4.69) is 42.1 Å². The van der Waals surface area contributed by atoms with Crippen LogP contribution in [-0.2, 0) is 6.42 Å². The second kappa shape index (κ2) is 4.83. The number of hydrogen-bond donors (Lipinski definition) is 0. The van der Waals surface area contributed by atoms with Crippen LogP contribution in [0.5, 0.6) is 0 Å². The van der Waals surface area contributed by atoms with Crippen molar-refractivity contribution >= 4 is 11.4 Å². The summed E-state index contributed by atoms with van der Waals surface area (Å²) in [6.07, 6.45) is 8.18. The lowest BCUT2D eigenvalue weighted by Gasteiger charge is -2.33. The van der Waals surface area contributed by atoms with Gasteiger partial charge >= 0.3 is 0 Å². The summed E-state index contributed by atoms with van der Waals surface area (Å²) in [6, 6.07) is 7.77. The van der Waals surface area contributed by atoms with Crippen molar-refractivity contribution in [2.75, 3.05) is 30.4 Å². The highest BCUT2D eigenvalue weighted by Crippen LogP contribution is 2.32. The van der Waals surface area contributed by atoms with Crippen LogP contribution in [0.2, 0.25) is 0 Å². The van der Waals surface area contributed by atoms with Crippen molar-refractivity contribution < 1.29 is 0 Å². The largest absolute Gasteiger partial charge is 0.374 e. The van der Waals surface area contributed by atoms with Crippen molar-refractivity contribution in [1.82, 2.24) is 0 Å². The predicted molar refractivity (Wildman–Crippen MR) is 78.7 cm³/mol. The van der Waals surface area contributed by atoms with Crippen LogP contribution in [0, 0.1) is 0 Å². The Balaban J connectivity index is 1.79. The number of hydrogen-bond acceptors (Lipinski definition) is 2. The van der Waals surface area contributed by atoms with Crippen molar-refractivity contribution in [3.05, 3.63) is 23.8 Å². The van der Waals surface area contributed by atoms with Crippen LogP contribution in [0.15, 0.2) is 18.2 Å². The monoisotopic (exact) mass is 244 g/mol. The van der Waals surface area contributed by atoms with Crippen LogP contribution < -0.4 is 9.80 Å². The summed E-state index contributed by atoms with van der Waals surface area (Å²) < 4.78 is 0. The molecule has 1 aromatic carbocycles. The summed E-state index contributed by atoms with van der Waals surface area (Å²) in [5, 5.41) is 0. The Bertz CT molecular complexity index is 421. The summed E-state index contributed by atoms with van der Waals surface area (Å²) in [7, 11) is 4.47. The van der Waals surface area contributed by atoms with E-state index in [-0.39, 0.29) is 0 Å². The minimum absolute atomic E-state index is 0.760. The molecular weight excluding hydrogens is 220 g/mol. The maximum Gasteiger partial charge on any atom is 0.0398 e. The smallest absolute Gasteiger partial charge is 0.0398 e. The first-order valence-electron chi connectivity index (χ1n) is 7.32. The van der Waals surface area contributed by atoms with Crippen molar-refractivity contribution in [1.29, 1.82) is 0 Å². The van der Waals surface area contributed by atoms with Crippen LogP contribution in [-0.4, -0.2) is 26.7 Å². The van der Waals surface area contributed by atoms with Crippen molar-refractivity contribution in [2.24, 2.45) is 0 Å². The lowest BCUT2D eigenvalue weighted by molar-refractivity contribution is 0.427. The van der Waals surface area contributed by atoms with Crippen molar-refractivity contribution in [3.8, 4) is 0 Å². The van der Waals surface area contributed by atoms with Gasteiger partial charge in [-0.15, -0.1) is 0 Å². The zero-order valence-corrected chi connectivity index (χ0v) is 11.7. The van der Waals surface area contributed by atoms with E-state index in [1.165, 1.54) is 62.0 Å². The van der Waals surface area contributed by atoms with Crippen LogP contribution in [0.3, 0.4) is 0 Å². The molecule has 0 amide bonds. The minimum Gasteiger partial charge on any atom is -0.374 e. The second-order valence-electron chi connectivity index (χ2n) is 5.89. The molecule has 0 atom stereocenters. The maximum absolute atomic E-state index is 2.51. The second-order valence-corrected chi connectivity index (χ2v) is 5.89. The summed E-state index contributed by atoms with van der Waals surface area (Å²) in [5.41, 5.74) is 4.37. The Kier molecular flexibility index (Phi) is 3.19. The highest BCUT2D eigenvalue weighted by atomic mass is 15.1. The van der Waals surface area contributed by atoms with Gasteiger partial charge in [0, 0.05) is 38.1 Å². The van der Waals surface area contributed by atoms with Crippen molar-refractivity contribution in [2.45, 2.75) is 44.6 Å². The number of anilines is 2. The molecule has 2 nitrogen and oxygen atoms in total. The molecule has 1 aromatic rings. The van der Waals surface area contributed by atoms with Crippen LogP contribution in [0.4, 0.5) is 11.4 Å². The lowest BCUT2D eigenvalue weighted by Crippen LogP contribution is -2.33. The molecule has 1 aliphatic heterocycles. The molecule has 0 bridgehead atoms. The highest BCUT2D eigenvalue weighted by molar-refractivity contribution is 5.64. The van der Waals surface area contributed by atoms with Gasteiger partial charge in [-0.3, -0.25) is 0 Å². The third-order valence-corrected chi connectivity index (χ3v) is 4.72. The average Bonchev–Trinajstić information content (AvgIpc) is 2.80. The molecule has 18 heavy (non-hydrogen) atoms. The number of fused-ring (bicyclic) bond motifs is 1. The Labute approximate surface area is 111 Å². The molecule has 1 fully saturated rings. The van der Waals surface area contributed by atoms with Gasteiger partial charge in [-0.2, -0.15) is 0 Å². The number of benzene rings is 1. The van der Waals surface area contributed by atoms with Gasteiger partial charge in [0.05, 0.1) is 0 Å². The summed E-state index contributed by atoms with van der Waals surface area (Å²) in [4.78, 5) is 4.87. The van der Waals surface area contributed by atoms with Crippen LogP contribution in [0.1, 0.15) is 37.7 Å². The molecule has 98 valence electrons. The first-order chi connectivity index (χ1) is 8.75. The first kappa shape index (κ1) is 11.9. The zero-order chi connectivity index (χ0) is 12.5. The average molecular weight is 244 g/mol. The summed E-state index contributed by atoms with van der Waals surface area (Å²) >= 11 is 0. The van der Waals surface area contributed by atoms with Gasteiger partial charge in [-0.25, -0.2) is 0 Å². The fourth-order valence-corrected chi connectivity index (χ4v) is 3.45. The van der Waals surface area contributed by atoms with E-state index in [9.17, 15) is 0 Å². The van der Waals surface area contributed by atoms with Crippen LogP contribution >= 0.6 is 0 Å². The molecule has 1 heterocycles. The number of likely N-dealkylation sites (N-methyl/N-ethyl adjacent to an activating group) is 1. The van der Waals surface area contributed by atoms with Gasteiger partial charge in [-0.05, 0) is 43.0 Å². The van der Waals surface area contributed by atoms with Gasteiger partial charge in [-0.1, -0.05) is 19.3 Å². The zero-order valence-electron chi connectivity index (χ0n) is 11.7. The van der Waals surface area contributed by atoms with Crippen LogP contribution in [0.25, 0.3) is 0 Å². The minimum atomic E-state index is 0.760. The van der Waals surface area contributed by atoms with Gasteiger partial charge < -0.3 is 9.80 Å². The molecule has 0 aromatic heterocycles. The molecule has 1 aliphatic carbocycles. The molecule has 1 saturated carbocycles. The topological polar surface area (TPSA) is 6.48 Å². The SMILES string of the molecule is CN1CCc2cc(N(C)C3CCCCC3)ccc21. The molecule has 0 saturated heterocycles. The standard InChI is InChI=1S/C16H24N2/c1-17-11-10-13-12-15(8-9-16(13)17)18(2)14-6-4-3-5-7-14/h8-9,12,14H,3-7,10-11H2,1-2H3. The summed E-state index contributed by atoms with van der Waals surface area (Å²) in [6.45, 7) is 1.17. The molecular formula is C16H24N2. The molecule has 3 rings (SSSR count). The van der Waals surface area contributed by atoms with E-state index in [0.717, 1.165) is 6.04 Å². The number of nitrogens with zero attached hydrogens (tertiary/aromatic N) is 2.